The third kappa shape index (κ3) is 7.52. The highest BCUT2D eigenvalue weighted by Crippen LogP contribution is 1.96. The van der Waals surface area contributed by atoms with E-state index in [2.05, 4.69) is 18.8 Å². The van der Waals surface area contributed by atoms with Crippen LogP contribution in [0.15, 0.2) is 0 Å². The van der Waals surface area contributed by atoms with Crippen LogP contribution in [0.5, 0.6) is 0 Å². The monoisotopic (exact) mass is 126 g/mol. The van der Waals surface area contributed by atoms with Crippen LogP contribution in [0, 0.1) is 11.8 Å². The highest BCUT2D eigenvalue weighted by atomic mass is 16.3. The molecule has 0 radical (unpaired) electrons. The van der Waals surface area contributed by atoms with Crippen LogP contribution in [-0.2, 0) is 0 Å². The highest BCUT2D eigenvalue weighted by Gasteiger charge is 2.04. The van der Waals surface area contributed by atoms with E-state index in [1.807, 2.05) is 0 Å². The predicted molar refractivity (Wildman–Crippen MR) is 39.0 cm³/mol. The Labute approximate surface area is 57.1 Å². The summed E-state index contributed by atoms with van der Waals surface area (Å²) in [6, 6.07) is 0. The molecule has 0 aromatic heterocycles. The van der Waals surface area contributed by atoms with Gasteiger partial charge in [-0.3, -0.25) is 0 Å². The van der Waals surface area contributed by atoms with Crippen molar-refractivity contribution < 1.29 is 5.11 Å². The van der Waals surface area contributed by atoms with Gasteiger partial charge in [0.25, 0.3) is 0 Å². The quantitative estimate of drug-likeness (QED) is 0.529. The molecule has 0 aliphatic carbocycles. The molecular weight excluding hydrogens is 112 g/mol. The summed E-state index contributed by atoms with van der Waals surface area (Å²) in [5.41, 5.74) is -0.810. The second-order valence-electron chi connectivity index (χ2n) is 2.61. The van der Waals surface area contributed by atoms with Crippen LogP contribution < -0.4 is 0 Å². The molecule has 0 bridgehead atoms. The zero-order chi connectivity index (χ0) is 7.33. The maximum Gasteiger partial charge on any atom is 0.119 e. The van der Waals surface area contributed by atoms with E-state index in [4.69, 9.17) is 5.11 Å². The molecule has 1 nitrogen and oxygen atoms in total. The van der Waals surface area contributed by atoms with Crippen LogP contribution in [0.3, 0.4) is 0 Å². The fourth-order valence-corrected chi connectivity index (χ4v) is 0.404. The molecule has 0 fully saturated rings. The van der Waals surface area contributed by atoms with E-state index in [1.54, 1.807) is 13.8 Å². The minimum absolute atomic E-state index is 0.810. The van der Waals surface area contributed by atoms with Gasteiger partial charge < -0.3 is 5.11 Å². The molecule has 1 heteroatoms. The molecule has 0 atom stereocenters. The topological polar surface area (TPSA) is 20.2 Å². The molecule has 52 valence electrons. The van der Waals surface area contributed by atoms with Gasteiger partial charge in [-0.15, -0.1) is 5.92 Å². The van der Waals surface area contributed by atoms with Crippen LogP contribution in [0.25, 0.3) is 0 Å². The van der Waals surface area contributed by atoms with Gasteiger partial charge in [0, 0.05) is 6.42 Å². The molecule has 0 amide bonds. The molecule has 9 heavy (non-hydrogen) atoms. The average Bonchev–Trinajstić information content (AvgIpc) is 1.63. The summed E-state index contributed by atoms with van der Waals surface area (Å²) in [5.74, 6) is 5.60. The molecule has 0 rings (SSSR count). The van der Waals surface area contributed by atoms with Crippen LogP contribution in [0.1, 0.15) is 33.6 Å². The molecule has 0 aliphatic rings. The van der Waals surface area contributed by atoms with Crippen LogP contribution >= 0.6 is 0 Å². The second-order valence-corrected chi connectivity index (χ2v) is 2.61. The van der Waals surface area contributed by atoms with E-state index in [0.29, 0.717) is 0 Å². The van der Waals surface area contributed by atoms with E-state index < -0.39 is 5.60 Å². The van der Waals surface area contributed by atoms with Gasteiger partial charge in [-0.05, 0) is 20.3 Å². The first kappa shape index (κ1) is 8.52. The van der Waals surface area contributed by atoms with E-state index in [0.717, 1.165) is 12.8 Å². The van der Waals surface area contributed by atoms with Gasteiger partial charge in [-0.1, -0.05) is 12.8 Å². The first-order valence-corrected chi connectivity index (χ1v) is 3.28. The molecule has 0 aromatic carbocycles. The van der Waals surface area contributed by atoms with Crippen LogP contribution in [0.2, 0.25) is 0 Å². The van der Waals surface area contributed by atoms with Crippen molar-refractivity contribution in [2.75, 3.05) is 0 Å². The molecule has 0 heterocycles. The minimum Gasteiger partial charge on any atom is -0.378 e. The lowest BCUT2D eigenvalue weighted by Gasteiger charge is -2.05. The molecule has 1 N–H and O–H groups in total. The van der Waals surface area contributed by atoms with Crippen molar-refractivity contribution in [1.29, 1.82) is 0 Å². The van der Waals surface area contributed by atoms with Gasteiger partial charge in [0.2, 0.25) is 0 Å². The molecule has 0 spiro atoms. The Hall–Kier alpha value is -0.480. The van der Waals surface area contributed by atoms with Crippen molar-refractivity contribution in [3.8, 4) is 11.8 Å². The summed E-state index contributed by atoms with van der Waals surface area (Å²) in [6.07, 6.45) is 1.94. The maximum atomic E-state index is 9.07. The number of hydrogen-bond donors (Lipinski definition) is 1. The van der Waals surface area contributed by atoms with Crippen LogP contribution in [0.4, 0.5) is 0 Å². The van der Waals surface area contributed by atoms with Gasteiger partial charge in [0.1, 0.15) is 5.60 Å². The summed E-state index contributed by atoms with van der Waals surface area (Å²) >= 11 is 0. The number of rotatable bonds is 1. The molecule has 0 aliphatic heterocycles. The second kappa shape index (κ2) is 3.53. The van der Waals surface area contributed by atoms with E-state index in [1.165, 1.54) is 0 Å². The zero-order valence-corrected chi connectivity index (χ0v) is 6.36. The van der Waals surface area contributed by atoms with Crippen molar-refractivity contribution in [3.05, 3.63) is 0 Å². The van der Waals surface area contributed by atoms with Crippen molar-refractivity contribution in [2.45, 2.75) is 39.2 Å². The van der Waals surface area contributed by atoms with Gasteiger partial charge in [0.15, 0.2) is 0 Å². The summed E-state index contributed by atoms with van der Waals surface area (Å²) < 4.78 is 0. The SMILES string of the molecule is CCCC#CC(C)(C)O. The molecule has 0 unspecified atom stereocenters. The third-order valence-electron chi connectivity index (χ3n) is 0.769. The van der Waals surface area contributed by atoms with Gasteiger partial charge in [-0.25, -0.2) is 0 Å². The predicted octanol–water partition coefficient (Wildman–Crippen LogP) is 1.56. The largest absolute Gasteiger partial charge is 0.378 e. The Kier molecular flexibility index (Phi) is 3.34. The van der Waals surface area contributed by atoms with E-state index >= 15 is 0 Å². The maximum absolute atomic E-state index is 9.07. The summed E-state index contributed by atoms with van der Waals surface area (Å²) in [5, 5.41) is 9.07. The van der Waals surface area contributed by atoms with Gasteiger partial charge in [-0.2, -0.15) is 0 Å². The van der Waals surface area contributed by atoms with E-state index in [9.17, 15) is 0 Å². The van der Waals surface area contributed by atoms with Crippen LogP contribution in [-0.4, -0.2) is 10.7 Å². The third-order valence-corrected chi connectivity index (χ3v) is 0.769. The number of unbranched alkanes of at least 4 members (excludes halogenated alkanes) is 1. The lowest BCUT2D eigenvalue weighted by Crippen LogP contribution is -2.14. The molecule has 0 aromatic rings. The van der Waals surface area contributed by atoms with Crippen molar-refractivity contribution in [2.24, 2.45) is 0 Å². The Balaban J connectivity index is 3.59. The smallest absolute Gasteiger partial charge is 0.119 e. The van der Waals surface area contributed by atoms with Gasteiger partial charge >= 0.3 is 0 Å². The lowest BCUT2D eigenvalue weighted by molar-refractivity contribution is 0.143. The summed E-state index contributed by atoms with van der Waals surface area (Å²) in [6.45, 7) is 5.45. The minimum atomic E-state index is -0.810. The summed E-state index contributed by atoms with van der Waals surface area (Å²) in [7, 11) is 0. The fraction of sp³-hybridized carbons (Fsp3) is 0.750. The van der Waals surface area contributed by atoms with Crippen molar-refractivity contribution in [3.63, 3.8) is 0 Å². The Morgan fingerprint density at radius 3 is 2.33 bits per heavy atom. The highest BCUT2D eigenvalue weighted by molar-refractivity contribution is 5.09. The Bertz CT molecular complexity index is 120. The van der Waals surface area contributed by atoms with Gasteiger partial charge in [0.05, 0.1) is 0 Å². The van der Waals surface area contributed by atoms with Crippen molar-refractivity contribution >= 4 is 0 Å². The molecule has 0 saturated carbocycles. The fourth-order valence-electron chi connectivity index (χ4n) is 0.404. The molecular formula is C8H14O. The Morgan fingerprint density at radius 2 is 2.00 bits per heavy atom. The zero-order valence-electron chi connectivity index (χ0n) is 6.36. The Morgan fingerprint density at radius 1 is 1.44 bits per heavy atom. The molecule has 0 saturated heterocycles. The van der Waals surface area contributed by atoms with E-state index in [-0.39, 0.29) is 0 Å². The van der Waals surface area contributed by atoms with Crippen molar-refractivity contribution in [1.82, 2.24) is 0 Å². The standard InChI is InChI=1S/C8H14O/c1-4-5-6-7-8(2,3)9/h9H,4-5H2,1-3H3. The normalized spacial score (nSPS) is 10.2. The summed E-state index contributed by atoms with van der Waals surface area (Å²) in [4.78, 5) is 0. The number of hydrogen-bond acceptors (Lipinski definition) is 1. The lowest BCUT2D eigenvalue weighted by atomic mass is 10.1. The first-order chi connectivity index (χ1) is 4.06. The average molecular weight is 126 g/mol. The number of aliphatic hydroxyl groups is 1. The first-order valence-electron chi connectivity index (χ1n) is 3.28.